The van der Waals surface area contributed by atoms with Crippen molar-refractivity contribution in [2.24, 2.45) is 11.8 Å². The molecule has 0 radical (unpaired) electrons. The number of hydrogen-bond acceptors (Lipinski definition) is 5. The van der Waals surface area contributed by atoms with Gasteiger partial charge in [0.1, 0.15) is 0 Å². The summed E-state index contributed by atoms with van der Waals surface area (Å²) in [4.78, 5) is 25.1. The highest BCUT2D eigenvalue weighted by Gasteiger charge is 2.33. The van der Waals surface area contributed by atoms with Crippen LogP contribution < -0.4 is 4.90 Å². The molecule has 1 saturated heterocycles. The quantitative estimate of drug-likeness (QED) is 0.484. The zero-order valence-corrected chi connectivity index (χ0v) is 23.8. The van der Waals surface area contributed by atoms with Gasteiger partial charge in [-0.05, 0) is 77.5 Å². The molecule has 0 bridgehead atoms. The van der Waals surface area contributed by atoms with Crippen LogP contribution in [0.1, 0.15) is 78.1 Å². The summed E-state index contributed by atoms with van der Waals surface area (Å²) in [6.45, 7) is 17.6. The SMILES string of the molecule is CCCc1cccc(Cn2cc(N3CCN(C(=O)C4CCC(CN(CC)C(C)(C)C)CC4)CC3)cn2)n1. The summed E-state index contributed by atoms with van der Waals surface area (Å²) in [5, 5.41) is 4.59. The molecular formula is C30H48N6O. The van der Waals surface area contributed by atoms with Gasteiger partial charge in [-0.2, -0.15) is 5.10 Å². The molecule has 2 fully saturated rings. The monoisotopic (exact) mass is 508 g/mol. The van der Waals surface area contributed by atoms with Crippen molar-refractivity contribution in [2.75, 3.05) is 44.2 Å². The highest BCUT2D eigenvalue weighted by Crippen LogP contribution is 2.32. The van der Waals surface area contributed by atoms with Gasteiger partial charge in [0.05, 0.1) is 24.1 Å². The van der Waals surface area contributed by atoms with Crippen molar-refractivity contribution in [3.8, 4) is 0 Å². The van der Waals surface area contributed by atoms with Crippen molar-refractivity contribution < 1.29 is 4.79 Å². The lowest BCUT2D eigenvalue weighted by Crippen LogP contribution is -2.51. The van der Waals surface area contributed by atoms with Gasteiger partial charge in [-0.25, -0.2) is 0 Å². The van der Waals surface area contributed by atoms with Gasteiger partial charge in [-0.15, -0.1) is 0 Å². The van der Waals surface area contributed by atoms with E-state index in [1.165, 1.54) is 12.8 Å². The van der Waals surface area contributed by atoms with E-state index in [0.29, 0.717) is 12.5 Å². The number of piperazine rings is 1. The van der Waals surface area contributed by atoms with Crippen molar-refractivity contribution in [2.45, 2.75) is 85.2 Å². The second-order valence-corrected chi connectivity index (χ2v) is 12.0. The van der Waals surface area contributed by atoms with E-state index in [9.17, 15) is 4.79 Å². The molecule has 7 nitrogen and oxygen atoms in total. The molecule has 3 heterocycles. The molecule has 0 unspecified atom stereocenters. The molecule has 1 aliphatic heterocycles. The minimum absolute atomic E-state index is 0.214. The van der Waals surface area contributed by atoms with Gasteiger partial charge < -0.3 is 9.80 Å². The summed E-state index contributed by atoms with van der Waals surface area (Å²) in [5.74, 6) is 1.32. The topological polar surface area (TPSA) is 57.5 Å². The molecule has 37 heavy (non-hydrogen) atoms. The maximum Gasteiger partial charge on any atom is 0.225 e. The lowest BCUT2D eigenvalue weighted by Gasteiger charge is -2.40. The van der Waals surface area contributed by atoms with Crippen LogP contribution in [0.15, 0.2) is 30.6 Å². The molecule has 7 heteroatoms. The van der Waals surface area contributed by atoms with Crippen molar-refractivity contribution in [3.63, 3.8) is 0 Å². The Balaban J connectivity index is 1.23. The number of aryl methyl sites for hydroxylation is 1. The Kier molecular flexibility index (Phi) is 9.27. The van der Waals surface area contributed by atoms with Gasteiger partial charge in [0.2, 0.25) is 5.91 Å². The smallest absolute Gasteiger partial charge is 0.225 e. The maximum atomic E-state index is 13.3. The summed E-state index contributed by atoms with van der Waals surface area (Å²) in [5.41, 5.74) is 3.55. The first-order chi connectivity index (χ1) is 17.8. The van der Waals surface area contributed by atoms with Crippen molar-refractivity contribution in [1.29, 1.82) is 0 Å². The molecule has 2 aromatic rings. The third kappa shape index (κ3) is 7.34. The number of carbonyl (C=O) groups is 1. The van der Waals surface area contributed by atoms with Crippen molar-refractivity contribution in [1.82, 2.24) is 24.6 Å². The van der Waals surface area contributed by atoms with E-state index in [4.69, 9.17) is 4.98 Å². The van der Waals surface area contributed by atoms with Crippen molar-refractivity contribution in [3.05, 3.63) is 42.0 Å². The van der Waals surface area contributed by atoms with E-state index in [2.05, 4.69) is 78.8 Å². The minimum Gasteiger partial charge on any atom is -0.365 e. The molecule has 4 rings (SSSR count). The molecule has 204 valence electrons. The maximum absolute atomic E-state index is 13.3. The number of anilines is 1. The number of carbonyl (C=O) groups excluding carboxylic acids is 1. The molecule has 1 aliphatic carbocycles. The number of rotatable bonds is 9. The molecule has 2 aliphatic rings. The zero-order chi connectivity index (χ0) is 26.4. The number of hydrogen-bond donors (Lipinski definition) is 0. The van der Waals surface area contributed by atoms with Gasteiger partial charge in [0.25, 0.3) is 0 Å². The van der Waals surface area contributed by atoms with Crippen LogP contribution in [0.2, 0.25) is 0 Å². The Hall–Kier alpha value is -2.41. The second kappa shape index (κ2) is 12.4. The highest BCUT2D eigenvalue weighted by molar-refractivity contribution is 5.79. The van der Waals surface area contributed by atoms with Gasteiger partial charge in [-0.3, -0.25) is 19.4 Å². The summed E-state index contributed by atoms with van der Waals surface area (Å²) in [7, 11) is 0. The third-order valence-corrected chi connectivity index (χ3v) is 8.28. The van der Waals surface area contributed by atoms with Gasteiger partial charge in [0, 0.05) is 56.1 Å². The normalized spacial score (nSPS) is 21.0. The Morgan fingerprint density at radius 3 is 2.38 bits per heavy atom. The Morgan fingerprint density at radius 2 is 1.73 bits per heavy atom. The highest BCUT2D eigenvalue weighted by atomic mass is 16.2. The molecule has 0 spiro atoms. The Morgan fingerprint density at radius 1 is 1.03 bits per heavy atom. The van der Waals surface area contributed by atoms with E-state index < -0.39 is 0 Å². The van der Waals surface area contributed by atoms with Crippen LogP contribution >= 0.6 is 0 Å². The molecule has 2 aromatic heterocycles. The van der Waals surface area contributed by atoms with E-state index in [1.807, 2.05) is 10.9 Å². The first-order valence-electron chi connectivity index (χ1n) is 14.5. The zero-order valence-electron chi connectivity index (χ0n) is 23.8. The first-order valence-corrected chi connectivity index (χ1v) is 14.5. The molecular weight excluding hydrogens is 460 g/mol. The third-order valence-electron chi connectivity index (χ3n) is 8.28. The molecule has 0 N–H and O–H groups in total. The van der Waals surface area contributed by atoms with Crippen LogP contribution in [0.5, 0.6) is 0 Å². The van der Waals surface area contributed by atoms with E-state index in [-0.39, 0.29) is 11.5 Å². The van der Waals surface area contributed by atoms with Crippen molar-refractivity contribution >= 4 is 11.6 Å². The van der Waals surface area contributed by atoms with E-state index in [0.717, 1.165) is 87.9 Å². The first kappa shape index (κ1) is 27.6. The fourth-order valence-electron chi connectivity index (χ4n) is 6.01. The van der Waals surface area contributed by atoms with Gasteiger partial charge in [-0.1, -0.05) is 26.3 Å². The largest absolute Gasteiger partial charge is 0.365 e. The lowest BCUT2D eigenvalue weighted by atomic mass is 9.80. The number of aromatic nitrogens is 3. The summed E-state index contributed by atoms with van der Waals surface area (Å²) < 4.78 is 1.97. The average Bonchev–Trinajstić information content (AvgIpc) is 3.35. The van der Waals surface area contributed by atoms with E-state index >= 15 is 0 Å². The number of nitrogens with zero attached hydrogens (tertiary/aromatic N) is 6. The summed E-state index contributed by atoms with van der Waals surface area (Å²) in [6, 6.07) is 6.26. The standard InChI is InChI=1S/C30H48N6O/c1-6-9-26-10-8-11-27(32-26)22-36-23-28(20-31-36)33-16-18-34(19-17-33)29(37)25-14-12-24(13-15-25)21-35(7-2)30(3,4)5/h8,10-11,20,23-25H,6-7,9,12-19,21-22H2,1-5H3. The van der Waals surface area contributed by atoms with Crippen LogP contribution in [-0.2, 0) is 17.8 Å². The molecule has 0 aromatic carbocycles. The van der Waals surface area contributed by atoms with Crippen LogP contribution in [0, 0.1) is 11.8 Å². The fourth-order valence-corrected chi connectivity index (χ4v) is 6.01. The van der Waals surface area contributed by atoms with E-state index in [1.54, 1.807) is 0 Å². The minimum atomic E-state index is 0.214. The summed E-state index contributed by atoms with van der Waals surface area (Å²) >= 11 is 0. The number of pyridine rings is 1. The van der Waals surface area contributed by atoms with Gasteiger partial charge >= 0.3 is 0 Å². The van der Waals surface area contributed by atoms with Crippen LogP contribution in [-0.4, -0.2) is 75.3 Å². The second-order valence-electron chi connectivity index (χ2n) is 12.0. The molecule has 1 saturated carbocycles. The predicted octanol–water partition coefficient (Wildman–Crippen LogP) is 4.85. The predicted molar refractivity (Wildman–Crippen MR) is 151 cm³/mol. The van der Waals surface area contributed by atoms with Crippen LogP contribution in [0.4, 0.5) is 5.69 Å². The fraction of sp³-hybridized carbons (Fsp3) is 0.700. The Bertz CT molecular complexity index is 995. The number of amides is 1. The van der Waals surface area contributed by atoms with Crippen LogP contribution in [0.25, 0.3) is 0 Å². The lowest BCUT2D eigenvalue weighted by molar-refractivity contribution is -0.137. The van der Waals surface area contributed by atoms with Crippen LogP contribution in [0.3, 0.4) is 0 Å². The summed E-state index contributed by atoms with van der Waals surface area (Å²) in [6.07, 6.45) is 10.6. The molecule has 1 amide bonds. The average molecular weight is 509 g/mol. The molecule has 0 atom stereocenters. The Labute approximate surface area is 224 Å². The van der Waals surface area contributed by atoms with Gasteiger partial charge in [0.15, 0.2) is 0 Å².